The number of nitrogens with one attached hydrogen (secondary N) is 1. The van der Waals surface area contributed by atoms with Gasteiger partial charge < -0.3 is 10.6 Å². The third-order valence-corrected chi connectivity index (χ3v) is 4.80. The first-order valence-corrected chi connectivity index (χ1v) is 8.88. The number of thiophene rings is 1. The molecular formula is C20H21N2OS+. The van der Waals surface area contributed by atoms with Crippen LogP contribution in [0.4, 0.5) is 5.69 Å². The molecule has 1 amide bonds. The molecule has 0 saturated carbocycles. The van der Waals surface area contributed by atoms with E-state index in [0.29, 0.717) is 6.54 Å². The molecule has 0 aliphatic heterocycles. The van der Waals surface area contributed by atoms with Crippen molar-refractivity contribution in [1.29, 1.82) is 0 Å². The molecule has 0 saturated heterocycles. The maximum Gasteiger partial charge on any atom is 0.279 e. The molecule has 24 heavy (non-hydrogen) atoms. The summed E-state index contributed by atoms with van der Waals surface area (Å²) in [5.41, 5.74) is 3.20. The van der Waals surface area contributed by atoms with Crippen molar-refractivity contribution in [3.63, 3.8) is 0 Å². The number of hydrogen-bond donors (Lipinski definition) is 2. The first-order valence-electron chi connectivity index (χ1n) is 8.00. The Morgan fingerprint density at radius 2 is 1.92 bits per heavy atom. The normalized spacial score (nSPS) is 11.9. The lowest BCUT2D eigenvalue weighted by atomic mass is 10.1. The topological polar surface area (TPSA) is 45.7 Å². The second kappa shape index (κ2) is 7.90. The van der Waals surface area contributed by atoms with Crippen molar-refractivity contribution >= 4 is 22.9 Å². The lowest BCUT2D eigenvalue weighted by Gasteiger charge is -2.14. The van der Waals surface area contributed by atoms with Crippen LogP contribution in [0.15, 0.2) is 72.1 Å². The van der Waals surface area contributed by atoms with Gasteiger partial charge in [-0.2, -0.15) is 0 Å². The van der Waals surface area contributed by atoms with E-state index in [1.165, 1.54) is 10.4 Å². The number of anilines is 1. The van der Waals surface area contributed by atoms with Crippen LogP contribution in [0, 0.1) is 6.92 Å². The number of carbonyl (C=O) groups excluding carboxylic acids is 1. The van der Waals surface area contributed by atoms with Crippen molar-refractivity contribution in [3.05, 3.63) is 88.1 Å². The highest BCUT2D eigenvalue weighted by atomic mass is 32.1. The minimum atomic E-state index is 0.0121. The second-order valence-electron chi connectivity index (χ2n) is 5.76. The lowest BCUT2D eigenvalue weighted by molar-refractivity contribution is -0.675. The van der Waals surface area contributed by atoms with Gasteiger partial charge >= 0.3 is 0 Å². The maximum atomic E-state index is 12.3. The van der Waals surface area contributed by atoms with Gasteiger partial charge in [0.1, 0.15) is 6.04 Å². The zero-order valence-corrected chi connectivity index (χ0v) is 14.4. The van der Waals surface area contributed by atoms with Gasteiger partial charge in [0.2, 0.25) is 0 Å². The van der Waals surface area contributed by atoms with Crippen LogP contribution < -0.4 is 10.6 Å². The number of amides is 1. The van der Waals surface area contributed by atoms with Gasteiger partial charge in [-0.15, -0.1) is 11.3 Å². The van der Waals surface area contributed by atoms with Crippen LogP contribution in [0.5, 0.6) is 0 Å². The summed E-state index contributed by atoms with van der Waals surface area (Å²) in [6.45, 7) is 2.40. The number of carbonyl (C=O) groups is 1. The molecule has 1 heterocycles. The minimum absolute atomic E-state index is 0.0121. The average Bonchev–Trinajstić information content (AvgIpc) is 3.10. The van der Waals surface area contributed by atoms with E-state index < -0.39 is 0 Å². The number of nitrogens with two attached hydrogens (primary N) is 1. The zero-order valence-electron chi connectivity index (χ0n) is 13.6. The lowest BCUT2D eigenvalue weighted by Crippen LogP contribution is -2.87. The summed E-state index contributed by atoms with van der Waals surface area (Å²) in [4.78, 5) is 13.5. The van der Waals surface area contributed by atoms with E-state index in [0.717, 1.165) is 11.3 Å². The molecule has 0 fully saturated rings. The Morgan fingerprint density at radius 3 is 2.62 bits per heavy atom. The SMILES string of the molecule is Cc1cccc(NC(=O)C[NH2+][C@@H](c2ccccc2)c2cccs2)c1. The summed E-state index contributed by atoms with van der Waals surface area (Å²) in [6, 6.07) is 22.5. The Kier molecular flexibility index (Phi) is 5.41. The Labute approximate surface area is 146 Å². The molecule has 3 rings (SSSR count). The average molecular weight is 337 g/mol. The Hall–Kier alpha value is -2.43. The van der Waals surface area contributed by atoms with E-state index in [-0.39, 0.29) is 11.9 Å². The van der Waals surface area contributed by atoms with Crippen LogP contribution in [0.1, 0.15) is 22.0 Å². The van der Waals surface area contributed by atoms with Crippen molar-refractivity contribution in [2.24, 2.45) is 0 Å². The highest BCUT2D eigenvalue weighted by Gasteiger charge is 2.19. The van der Waals surface area contributed by atoms with E-state index in [4.69, 9.17) is 0 Å². The van der Waals surface area contributed by atoms with E-state index in [1.807, 2.05) is 49.4 Å². The number of rotatable bonds is 6. The third-order valence-electron chi connectivity index (χ3n) is 3.85. The summed E-state index contributed by atoms with van der Waals surface area (Å²) in [5, 5.41) is 7.13. The minimum Gasteiger partial charge on any atom is -0.328 e. The molecule has 1 atom stereocenters. The molecule has 0 spiro atoms. The van der Waals surface area contributed by atoms with E-state index in [1.54, 1.807) is 11.3 Å². The number of benzene rings is 2. The molecule has 1 aromatic heterocycles. The quantitative estimate of drug-likeness (QED) is 0.712. The zero-order chi connectivity index (χ0) is 16.8. The second-order valence-corrected chi connectivity index (χ2v) is 6.74. The van der Waals surface area contributed by atoms with Gasteiger partial charge in [0.25, 0.3) is 5.91 Å². The van der Waals surface area contributed by atoms with Crippen LogP contribution >= 0.6 is 11.3 Å². The Bertz CT molecular complexity index is 784. The van der Waals surface area contributed by atoms with Crippen LogP contribution in [0.25, 0.3) is 0 Å². The van der Waals surface area contributed by atoms with Crippen molar-refractivity contribution in [2.45, 2.75) is 13.0 Å². The molecule has 0 aliphatic rings. The summed E-state index contributed by atoms with van der Waals surface area (Å²) in [5.74, 6) is 0.0121. The molecule has 122 valence electrons. The Balaban J connectivity index is 1.67. The van der Waals surface area contributed by atoms with Crippen LogP contribution in [-0.4, -0.2) is 12.5 Å². The van der Waals surface area contributed by atoms with Crippen LogP contribution in [-0.2, 0) is 4.79 Å². The van der Waals surface area contributed by atoms with Gasteiger partial charge in [0.05, 0.1) is 4.88 Å². The predicted octanol–water partition coefficient (Wildman–Crippen LogP) is 3.35. The van der Waals surface area contributed by atoms with Gasteiger partial charge in [-0.1, -0.05) is 48.5 Å². The predicted molar refractivity (Wildman–Crippen MR) is 99.2 cm³/mol. The van der Waals surface area contributed by atoms with Gasteiger partial charge in [0, 0.05) is 11.3 Å². The fourth-order valence-corrected chi connectivity index (χ4v) is 3.56. The van der Waals surface area contributed by atoms with Gasteiger partial charge in [-0.3, -0.25) is 4.79 Å². The van der Waals surface area contributed by atoms with E-state index in [9.17, 15) is 4.79 Å². The first kappa shape index (κ1) is 16.4. The molecule has 0 unspecified atom stereocenters. The molecular weight excluding hydrogens is 316 g/mol. The standard InChI is InChI=1S/C20H20N2OS/c1-15-7-5-10-17(13-15)22-19(23)14-21-20(18-11-6-12-24-18)16-8-3-2-4-9-16/h2-13,20-21H,14H2,1H3,(H,22,23)/p+1/t20-/m0/s1. The molecule has 0 aliphatic carbocycles. The molecule has 2 aromatic carbocycles. The van der Waals surface area contributed by atoms with Crippen molar-refractivity contribution in [2.75, 3.05) is 11.9 Å². The number of aryl methyl sites for hydroxylation is 1. The summed E-state index contributed by atoms with van der Waals surface area (Å²) >= 11 is 1.72. The van der Waals surface area contributed by atoms with Crippen LogP contribution in [0.3, 0.4) is 0 Å². The molecule has 4 heteroatoms. The fraction of sp³-hybridized carbons (Fsp3) is 0.150. The molecule has 3 nitrogen and oxygen atoms in total. The smallest absolute Gasteiger partial charge is 0.279 e. The van der Waals surface area contributed by atoms with Gasteiger partial charge in [0.15, 0.2) is 6.54 Å². The highest BCUT2D eigenvalue weighted by molar-refractivity contribution is 7.10. The maximum absolute atomic E-state index is 12.3. The monoisotopic (exact) mass is 337 g/mol. The van der Waals surface area contributed by atoms with Crippen molar-refractivity contribution < 1.29 is 10.1 Å². The molecule has 3 N–H and O–H groups in total. The highest BCUT2D eigenvalue weighted by Crippen LogP contribution is 2.22. The van der Waals surface area contributed by atoms with Gasteiger partial charge in [-0.05, 0) is 36.1 Å². The van der Waals surface area contributed by atoms with Gasteiger partial charge in [-0.25, -0.2) is 0 Å². The summed E-state index contributed by atoms with van der Waals surface area (Å²) < 4.78 is 0. The molecule has 0 bridgehead atoms. The number of hydrogen-bond acceptors (Lipinski definition) is 2. The third kappa shape index (κ3) is 4.31. The van der Waals surface area contributed by atoms with E-state index >= 15 is 0 Å². The Morgan fingerprint density at radius 1 is 1.08 bits per heavy atom. The summed E-state index contributed by atoms with van der Waals surface area (Å²) in [7, 11) is 0. The number of quaternary nitrogens is 1. The van der Waals surface area contributed by atoms with Crippen molar-refractivity contribution in [3.8, 4) is 0 Å². The largest absolute Gasteiger partial charge is 0.328 e. The van der Waals surface area contributed by atoms with E-state index in [2.05, 4.69) is 40.3 Å². The van der Waals surface area contributed by atoms with Crippen LogP contribution in [0.2, 0.25) is 0 Å². The van der Waals surface area contributed by atoms with Crippen molar-refractivity contribution in [1.82, 2.24) is 0 Å². The summed E-state index contributed by atoms with van der Waals surface area (Å²) in [6.07, 6.45) is 0. The fourth-order valence-electron chi connectivity index (χ4n) is 2.70. The molecule has 3 aromatic rings. The molecule has 0 radical (unpaired) electrons. The first-order chi connectivity index (χ1) is 11.7.